The molecule has 0 bridgehead atoms. The molecule has 6 nitrogen and oxygen atoms in total. The smallest absolute Gasteiger partial charge is 0.342 e. The number of hydrogen-bond acceptors (Lipinski definition) is 7. The third-order valence-electron chi connectivity index (χ3n) is 5.06. The lowest BCUT2D eigenvalue weighted by Crippen LogP contribution is -2.16. The molecule has 0 fully saturated rings. The second-order valence-electron chi connectivity index (χ2n) is 8.22. The molecule has 0 aliphatic carbocycles. The number of nitrogens with one attached hydrogen (secondary N) is 1. The minimum Gasteiger partial charge on any atom is -0.459 e. The molecule has 0 aliphatic rings. The average Bonchev–Trinajstić information content (AvgIpc) is 3.34. The molecular weight excluding hydrogens is 454 g/mol. The number of nitrogens with two attached hydrogens (primary N) is 1. The minimum atomic E-state index is -0.479. The van der Waals surface area contributed by atoms with Crippen molar-refractivity contribution in [2.24, 2.45) is 0 Å². The number of rotatable bonds is 6. The van der Waals surface area contributed by atoms with Crippen molar-refractivity contribution >= 4 is 55.5 Å². The van der Waals surface area contributed by atoms with E-state index in [1.165, 1.54) is 22.7 Å². The molecule has 0 saturated heterocycles. The van der Waals surface area contributed by atoms with Gasteiger partial charge in [-0.25, -0.2) is 9.78 Å². The van der Waals surface area contributed by atoms with Crippen molar-refractivity contribution in [2.75, 3.05) is 11.1 Å². The van der Waals surface area contributed by atoms with Crippen molar-refractivity contribution in [1.29, 1.82) is 0 Å². The molecule has 0 unspecified atom stereocenters. The number of pyridine rings is 1. The van der Waals surface area contributed by atoms with Gasteiger partial charge in [0.05, 0.1) is 11.8 Å². The summed E-state index contributed by atoms with van der Waals surface area (Å²) in [6.07, 6.45) is -0.288. The Labute approximate surface area is 200 Å². The average molecular weight is 480 g/mol. The standard InChI is InChI=1S/C25H25N3O3S2/c1-13(2)18-11-10-16-20(26)21(33-23(16)27-18)22(29)28-24-19(25(30)31-14(3)4)17(12-32-24)15-8-6-5-7-9-15/h5-14H,26H2,1-4H3,(H,28,29). The van der Waals surface area contributed by atoms with Crippen molar-refractivity contribution in [3.05, 3.63) is 64.0 Å². The Kier molecular flexibility index (Phi) is 6.49. The summed E-state index contributed by atoms with van der Waals surface area (Å²) in [4.78, 5) is 31.9. The van der Waals surface area contributed by atoms with Crippen LogP contribution in [0, 0.1) is 0 Å². The van der Waals surface area contributed by atoms with Crippen LogP contribution in [0.1, 0.15) is 59.3 Å². The first-order valence-corrected chi connectivity index (χ1v) is 12.3. The van der Waals surface area contributed by atoms with E-state index in [2.05, 4.69) is 24.1 Å². The van der Waals surface area contributed by atoms with E-state index in [1.54, 1.807) is 13.8 Å². The van der Waals surface area contributed by atoms with Gasteiger partial charge in [-0.3, -0.25) is 4.79 Å². The Bertz CT molecular complexity index is 1320. The molecule has 0 spiro atoms. The summed E-state index contributed by atoms with van der Waals surface area (Å²) in [6.45, 7) is 7.72. The molecule has 4 aromatic rings. The number of esters is 1. The molecule has 3 heterocycles. The zero-order valence-corrected chi connectivity index (χ0v) is 20.5. The van der Waals surface area contributed by atoms with E-state index < -0.39 is 5.97 Å². The topological polar surface area (TPSA) is 94.3 Å². The number of anilines is 2. The van der Waals surface area contributed by atoms with Gasteiger partial charge < -0.3 is 15.8 Å². The number of nitrogens with zero attached hydrogens (tertiary/aromatic N) is 1. The first-order valence-electron chi connectivity index (χ1n) is 10.6. The summed E-state index contributed by atoms with van der Waals surface area (Å²) in [6, 6.07) is 13.4. The van der Waals surface area contributed by atoms with Gasteiger partial charge in [0, 0.05) is 22.0 Å². The number of carbonyl (C=O) groups excluding carboxylic acids is 2. The van der Waals surface area contributed by atoms with Crippen molar-refractivity contribution < 1.29 is 14.3 Å². The molecule has 1 amide bonds. The highest BCUT2D eigenvalue weighted by Gasteiger charge is 2.25. The Morgan fingerprint density at radius 1 is 1.06 bits per heavy atom. The van der Waals surface area contributed by atoms with E-state index in [9.17, 15) is 9.59 Å². The van der Waals surface area contributed by atoms with Crippen LogP contribution in [0.4, 0.5) is 10.7 Å². The van der Waals surface area contributed by atoms with Gasteiger partial charge in [0.1, 0.15) is 20.3 Å². The lowest BCUT2D eigenvalue weighted by Gasteiger charge is -2.11. The zero-order valence-electron chi connectivity index (χ0n) is 18.8. The number of hydrogen-bond donors (Lipinski definition) is 2. The zero-order chi connectivity index (χ0) is 23.7. The predicted octanol–water partition coefficient (Wildman–Crippen LogP) is 6.55. The summed E-state index contributed by atoms with van der Waals surface area (Å²) >= 11 is 2.54. The molecule has 8 heteroatoms. The minimum absolute atomic E-state index is 0.270. The number of nitrogen functional groups attached to an aromatic ring is 1. The fourth-order valence-electron chi connectivity index (χ4n) is 3.42. The molecule has 33 heavy (non-hydrogen) atoms. The van der Waals surface area contributed by atoms with Gasteiger partial charge in [-0.1, -0.05) is 44.2 Å². The normalized spacial score (nSPS) is 11.3. The fraction of sp³-hybridized carbons (Fsp3) is 0.240. The SMILES string of the molecule is CC(C)OC(=O)c1c(-c2ccccc2)csc1NC(=O)c1sc2nc(C(C)C)ccc2c1N. The maximum atomic E-state index is 13.2. The molecule has 0 aliphatic heterocycles. The Morgan fingerprint density at radius 2 is 1.79 bits per heavy atom. The molecule has 3 N–H and O–H groups in total. The van der Waals surface area contributed by atoms with Crippen LogP contribution in [0.2, 0.25) is 0 Å². The van der Waals surface area contributed by atoms with Crippen LogP contribution in [-0.2, 0) is 4.74 Å². The van der Waals surface area contributed by atoms with Crippen LogP contribution in [0.15, 0.2) is 47.8 Å². The first-order chi connectivity index (χ1) is 15.8. The van der Waals surface area contributed by atoms with Crippen LogP contribution < -0.4 is 11.1 Å². The van der Waals surface area contributed by atoms with Gasteiger partial charge in [0.15, 0.2) is 0 Å². The van der Waals surface area contributed by atoms with Gasteiger partial charge >= 0.3 is 5.97 Å². The van der Waals surface area contributed by atoms with E-state index in [4.69, 9.17) is 10.5 Å². The van der Waals surface area contributed by atoms with Crippen molar-refractivity contribution in [2.45, 2.75) is 39.7 Å². The van der Waals surface area contributed by atoms with Gasteiger partial charge in [-0.05, 0) is 37.5 Å². The lowest BCUT2D eigenvalue weighted by atomic mass is 10.0. The van der Waals surface area contributed by atoms with Crippen LogP contribution in [-0.4, -0.2) is 23.0 Å². The maximum Gasteiger partial charge on any atom is 0.342 e. The monoisotopic (exact) mass is 479 g/mol. The Hall–Kier alpha value is -3.23. The molecule has 170 valence electrons. The van der Waals surface area contributed by atoms with Crippen LogP contribution >= 0.6 is 22.7 Å². The van der Waals surface area contributed by atoms with Gasteiger partial charge in [0.2, 0.25) is 0 Å². The summed E-state index contributed by atoms with van der Waals surface area (Å²) < 4.78 is 5.48. The molecule has 4 rings (SSSR count). The number of ether oxygens (including phenoxy) is 1. The van der Waals surface area contributed by atoms with Crippen molar-refractivity contribution in [3.8, 4) is 11.1 Å². The number of amides is 1. The van der Waals surface area contributed by atoms with E-state index in [1.807, 2.05) is 47.8 Å². The summed E-state index contributed by atoms with van der Waals surface area (Å²) in [5.74, 6) is -0.582. The summed E-state index contributed by atoms with van der Waals surface area (Å²) in [5.41, 5.74) is 9.57. The summed E-state index contributed by atoms with van der Waals surface area (Å²) in [7, 11) is 0. The number of benzene rings is 1. The molecule has 3 aromatic heterocycles. The largest absolute Gasteiger partial charge is 0.459 e. The van der Waals surface area contributed by atoms with E-state index in [0.717, 1.165) is 21.5 Å². The molecule has 0 atom stereocenters. The van der Waals surface area contributed by atoms with Crippen LogP contribution in [0.3, 0.4) is 0 Å². The fourth-order valence-corrected chi connectivity index (χ4v) is 5.37. The highest BCUT2D eigenvalue weighted by atomic mass is 32.1. The summed E-state index contributed by atoms with van der Waals surface area (Å²) in [5, 5.41) is 5.93. The second kappa shape index (κ2) is 9.33. The molecule has 0 radical (unpaired) electrons. The third-order valence-corrected chi connectivity index (χ3v) is 7.07. The number of thiophene rings is 2. The predicted molar refractivity (Wildman–Crippen MR) is 136 cm³/mol. The van der Waals surface area contributed by atoms with E-state index in [0.29, 0.717) is 26.7 Å². The first kappa shape index (κ1) is 22.9. The Balaban J connectivity index is 1.71. The van der Waals surface area contributed by atoms with Gasteiger partial charge in [-0.15, -0.1) is 22.7 Å². The van der Waals surface area contributed by atoms with Gasteiger partial charge in [0.25, 0.3) is 5.91 Å². The van der Waals surface area contributed by atoms with Crippen LogP contribution in [0.5, 0.6) is 0 Å². The third kappa shape index (κ3) is 4.62. The molecule has 0 saturated carbocycles. The van der Waals surface area contributed by atoms with Gasteiger partial charge in [-0.2, -0.15) is 0 Å². The number of aromatic nitrogens is 1. The van der Waals surface area contributed by atoms with E-state index in [-0.39, 0.29) is 17.9 Å². The number of carbonyl (C=O) groups is 2. The Morgan fingerprint density at radius 3 is 2.45 bits per heavy atom. The lowest BCUT2D eigenvalue weighted by molar-refractivity contribution is 0.0380. The molecule has 1 aromatic carbocycles. The van der Waals surface area contributed by atoms with Crippen LogP contribution in [0.25, 0.3) is 21.3 Å². The quantitative estimate of drug-likeness (QED) is 0.306. The van der Waals surface area contributed by atoms with Crippen molar-refractivity contribution in [3.63, 3.8) is 0 Å². The van der Waals surface area contributed by atoms with E-state index >= 15 is 0 Å². The molecular formula is C25H25N3O3S2. The second-order valence-corrected chi connectivity index (χ2v) is 10.1. The highest BCUT2D eigenvalue weighted by molar-refractivity contribution is 7.21. The maximum absolute atomic E-state index is 13.2. The number of fused-ring (bicyclic) bond motifs is 1. The van der Waals surface area contributed by atoms with Crippen molar-refractivity contribution in [1.82, 2.24) is 4.98 Å². The highest BCUT2D eigenvalue weighted by Crippen LogP contribution is 2.38.